The number of ether oxygens (including phenoxy) is 1. The maximum absolute atomic E-state index is 11.0. The Morgan fingerprint density at radius 3 is 2.91 bits per heavy atom. The van der Waals surface area contributed by atoms with Crippen LogP contribution in [0.5, 0.6) is 11.5 Å². The molecule has 1 spiro atoms. The summed E-state index contributed by atoms with van der Waals surface area (Å²) in [7, 11) is 2.03. The first kappa shape index (κ1) is 13.8. The molecule has 6 heteroatoms. The van der Waals surface area contributed by atoms with Crippen molar-refractivity contribution in [2.45, 2.75) is 36.2 Å². The third kappa shape index (κ3) is 1.39. The normalized spacial score (nSPS) is 43.0. The molecule has 1 unspecified atom stereocenters. The Hall–Kier alpha value is -1.60. The molecule has 2 aliphatic heterocycles. The second-order valence-corrected chi connectivity index (χ2v) is 7.09. The van der Waals surface area contributed by atoms with E-state index in [0.29, 0.717) is 5.75 Å². The molecule has 23 heavy (non-hydrogen) atoms. The largest absolute Gasteiger partial charge is 0.482 e. The van der Waals surface area contributed by atoms with Crippen molar-refractivity contribution in [2.75, 3.05) is 13.6 Å². The lowest BCUT2D eigenvalue weighted by molar-refractivity contribution is -0.139. The van der Waals surface area contributed by atoms with Gasteiger partial charge < -0.3 is 19.8 Å². The smallest absolute Gasteiger partial charge is 0.207 e. The average Bonchev–Trinajstić information content (AvgIpc) is 2.90. The minimum atomic E-state index is -0.711. The fraction of sp³-hybridized carbons (Fsp3) is 0.529. The first-order valence-corrected chi connectivity index (χ1v) is 7.99. The Kier molecular flexibility index (Phi) is 2.56. The number of aliphatic hydroxyl groups excluding tert-OH is 2. The van der Waals surface area contributed by atoms with Crippen LogP contribution in [0.3, 0.4) is 0 Å². The van der Waals surface area contributed by atoms with E-state index in [-0.39, 0.29) is 23.1 Å². The standard InChI is InChI=1S/C17H19NO5/c1-18-7-6-17-9-3-4-10(19)16(17)22-15-11(23-21)5-2-8(12(15)17)14(20)13(9)18/h2-5,9-10,13-14,16,19-21H,6-7H2,1H3/t9-,10-,13-,14?,16-,17-/m0/s1. The molecule has 1 aromatic rings. The third-order valence-electron chi connectivity index (χ3n) is 6.29. The van der Waals surface area contributed by atoms with E-state index in [9.17, 15) is 15.5 Å². The minimum absolute atomic E-state index is 0.0436. The Morgan fingerprint density at radius 1 is 1.30 bits per heavy atom. The summed E-state index contributed by atoms with van der Waals surface area (Å²) >= 11 is 0. The number of rotatable bonds is 1. The van der Waals surface area contributed by atoms with E-state index in [1.54, 1.807) is 18.2 Å². The molecule has 5 rings (SSSR count). The van der Waals surface area contributed by atoms with Gasteiger partial charge in [0, 0.05) is 22.9 Å². The number of likely N-dealkylation sites (tertiary alicyclic amines) is 1. The van der Waals surface area contributed by atoms with Crippen LogP contribution in [-0.2, 0) is 5.41 Å². The molecule has 1 fully saturated rings. The number of benzene rings is 1. The van der Waals surface area contributed by atoms with Crippen LogP contribution in [0.1, 0.15) is 23.7 Å². The Morgan fingerprint density at radius 2 is 2.13 bits per heavy atom. The number of likely N-dealkylation sites (N-methyl/N-ethyl adjacent to an activating group) is 1. The van der Waals surface area contributed by atoms with Crippen molar-refractivity contribution in [2.24, 2.45) is 5.92 Å². The van der Waals surface area contributed by atoms with Crippen LogP contribution in [0.15, 0.2) is 24.3 Å². The molecule has 2 heterocycles. The monoisotopic (exact) mass is 317 g/mol. The van der Waals surface area contributed by atoms with Gasteiger partial charge >= 0.3 is 0 Å². The van der Waals surface area contributed by atoms with Gasteiger partial charge in [0.1, 0.15) is 12.2 Å². The zero-order chi connectivity index (χ0) is 15.9. The molecule has 1 saturated heterocycles. The summed E-state index contributed by atoms with van der Waals surface area (Å²) in [6.45, 7) is 0.821. The van der Waals surface area contributed by atoms with E-state index in [0.717, 1.165) is 24.1 Å². The molecule has 2 bridgehead atoms. The Balaban J connectivity index is 1.85. The van der Waals surface area contributed by atoms with E-state index in [1.807, 2.05) is 13.1 Å². The molecule has 1 aromatic carbocycles. The molecule has 2 aliphatic carbocycles. The maximum Gasteiger partial charge on any atom is 0.207 e. The molecule has 0 saturated carbocycles. The summed E-state index contributed by atoms with van der Waals surface area (Å²) in [5.74, 6) is 0.764. The van der Waals surface area contributed by atoms with Crippen molar-refractivity contribution < 1.29 is 25.1 Å². The Bertz CT molecular complexity index is 719. The SMILES string of the molecule is CN1CC[C@]23c4c5ccc(OO)c4O[C@H]2[C@@H](O)C=C[C@H]3[C@H]1C5O. The van der Waals surface area contributed by atoms with E-state index in [1.165, 1.54) is 0 Å². The maximum atomic E-state index is 11.0. The summed E-state index contributed by atoms with van der Waals surface area (Å²) in [6.07, 6.45) is 2.87. The number of hydrogen-bond acceptors (Lipinski definition) is 6. The molecule has 4 aliphatic rings. The van der Waals surface area contributed by atoms with Crippen LogP contribution < -0.4 is 9.62 Å². The molecule has 122 valence electrons. The van der Waals surface area contributed by atoms with Gasteiger partial charge in [-0.3, -0.25) is 4.90 Å². The second kappa shape index (κ2) is 4.27. The molecule has 6 nitrogen and oxygen atoms in total. The lowest BCUT2D eigenvalue weighted by Crippen LogP contribution is -2.65. The van der Waals surface area contributed by atoms with Crippen molar-refractivity contribution in [3.63, 3.8) is 0 Å². The van der Waals surface area contributed by atoms with Crippen molar-refractivity contribution in [1.29, 1.82) is 0 Å². The van der Waals surface area contributed by atoms with Gasteiger partial charge in [-0.15, -0.1) is 0 Å². The van der Waals surface area contributed by atoms with Gasteiger partial charge in [0.05, 0.1) is 6.10 Å². The summed E-state index contributed by atoms with van der Waals surface area (Å²) in [5, 5.41) is 30.6. The first-order chi connectivity index (χ1) is 11.1. The zero-order valence-corrected chi connectivity index (χ0v) is 12.7. The number of aliphatic hydroxyl groups is 2. The molecule has 0 aromatic heterocycles. The van der Waals surface area contributed by atoms with Crippen molar-refractivity contribution in [3.05, 3.63) is 35.4 Å². The van der Waals surface area contributed by atoms with Gasteiger partial charge in [0.15, 0.2) is 5.75 Å². The molecule has 3 N–H and O–H groups in total. The fourth-order valence-electron chi connectivity index (χ4n) is 5.36. The van der Waals surface area contributed by atoms with Crippen LogP contribution in [0.4, 0.5) is 0 Å². The Labute approximate surface area is 133 Å². The average molecular weight is 317 g/mol. The number of hydrogen-bond donors (Lipinski definition) is 3. The topological polar surface area (TPSA) is 82.4 Å². The van der Waals surface area contributed by atoms with Crippen LogP contribution in [-0.4, -0.2) is 52.2 Å². The van der Waals surface area contributed by atoms with Gasteiger partial charge in [0.25, 0.3) is 0 Å². The van der Waals surface area contributed by atoms with Crippen molar-refractivity contribution in [3.8, 4) is 11.5 Å². The van der Waals surface area contributed by atoms with Crippen molar-refractivity contribution >= 4 is 0 Å². The molecule has 6 atom stereocenters. The third-order valence-corrected chi connectivity index (χ3v) is 6.29. The van der Waals surface area contributed by atoms with Gasteiger partial charge in [-0.1, -0.05) is 18.2 Å². The predicted octanol–water partition coefficient (Wildman–Crippen LogP) is 0.835. The highest BCUT2D eigenvalue weighted by Gasteiger charge is 2.66. The molecular weight excluding hydrogens is 298 g/mol. The first-order valence-electron chi connectivity index (χ1n) is 7.99. The summed E-state index contributed by atoms with van der Waals surface area (Å²) in [5.41, 5.74) is 1.35. The van der Waals surface area contributed by atoms with Gasteiger partial charge in [-0.2, -0.15) is 0 Å². The van der Waals surface area contributed by atoms with Crippen molar-refractivity contribution in [1.82, 2.24) is 4.90 Å². The minimum Gasteiger partial charge on any atom is -0.482 e. The highest BCUT2D eigenvalue weighted by molar-refractivity contribution is 5.62. The van der Waals surface area contributed by atoms with E-state index >= 15 is 0 Å². The highest BCUT2D eigenvalue weighted by Crippen LogP contribution is 2.64. The summed E-state index contributed by atoms with van der Waals surface area (Å²) in [4.78, 5) is 6.68. The lowest BCUT2D eigenvalue weighted by atomic mass is 9.52. The van der Waals surface area contributed by atoms with E-state index < -0.39 is 18.3 Å². The van der Waals surface area contributed by atoms with Crippen LogP contribution in [0.25, 0.3) is 0 Å². The predicted molar refractivity (Wildman–Crippen MR) is 80.4 cm³/mol. The van der Waals surface area contributed by atoms with Gasteiger partial charge in [-0.05, 0) is 31.6 Å². The number of piperidine rings is 1. The molecule has 0 amide bonds. The fourth-order valence-corrected chi connectivity index (χ4v) is 5.36. The highest BCUT2D eigenvalue weighted by atomic mass is 17.1. The van der Waals surface area contributed by atoms with E-state index in [4.69, 9.17) is 4.74 Å². The summed E-state index contributed by atoms with van der Waals surface area (Å²) < 4.78 is 6.08. The zero-order valence-electron chi connectivity index (χ0n) is 12.7. The number of nitrogens with zero attached hydrogens (tertiary/aromatic N) is 1. The van der Waals surface area contributed by atoms with Gasteiger partial charge in [0.2, 0.25) is 5.75 Å². The molecule has 0 radical (unpaired) electrons. The van der Waals surface area contributed by atoms with Crippen LogP contribution in [0.2, 0.25) is 0 Å². The van der Waals surface area contributed by atoms with Gasteiger partial charge in [-0.25, -0.2) is 5.26 Å². The lowest BCUT2D eigenvalue weighted by Gasteiger charge is -2.57. The molecular formula is C17H19NO5. The van der Waals surface area contributed by atoms with Crippen LogP contribution >= 0.6 is 0 Å². The van der Waals surface area contributed by atoms with E-state index in [2.05, 4.69) is 9.79 Å². The summed E-state index contributed by atoms with van der Waals surface area (Å²) in [6, 6.07) is 3.37. The van der Waals surface area contributed by atoms with Crippen LogP contribution in [0, 0.1) is 5.92 Å². The second-order valence-electron chi connectivity index (χ2n) is 7.09. The quantitative estimate of drug-likeness (QED) is 0.404.